The van der Waals surface area contributed by atoms with E-state index < -0.39 is 0 Å². The van der Waals surface area contributed by atoms with Crippen LogP contribution in [-0.2, 0) is 0 Å². The number of oxime groups is 1. The highest BCUT2D eigenvalue weighted by Gasteiger charge is 2.01. The molecule has 3 nitrogen and oxygen atoms in total. The summed E-state index contributed by atoms with van der Waals surface area (Å²) in [6.07, 6.45) is 1.41. The molecule has 3 heteroatoms. The van der Waals surface area contributed by atoms with Gasteiger partial charge in [0.15, 0.2) is 0 Å². The number of aryl methyl sites for hydroxylation is 1. The van der Waals surface area contributed by atoms with Crippen LogP contribution >= 0.6 is 0 Å². The second-order valence-electron chi connectivity index (χ2n) is 4.01. The van der Waals surface area contributed by atoms with Crippen molar-refractivity contribution >= 4 is 6.21 Å². The molecule has 1 N–H and O–H groups in total. The van der Waals surface area contributed by atoms with Gasteiger partial charge in [0.05, 0.1) is 17.8 Å². The van der Waals surface area contributed by atoms with Crippen LogP contribution in [0.15, 0.2) is 47.6 Å². The Bertz CT molecular complexity index is 622. The van der Waals surface area contributed by atoms with Crippen molar-refractivity contribution in [2.24, 2.45) is 5.16 Å². The van der Waals surface area contributed by atoms with Crippen molar-refractivity contribution in [3.05, 3.63) is 59.2 Å². The molecule has 0 unspecified atom stereocenters. The summed E-state index contributed by atoms with van der Waals surface area (Å²) in [6.45, 7) is 1.96. The Balaban J connectivity index is 2.39. The maximum Gasteiger partial charge on any atom is 0.0991 e. The first-order chi connectivity index (χ1) is 8.74. The van der Waals surface area contributed by atoms with E-state index >= 15 is 0 Å². The van der Waals surface area contributed by atoms with E-state index in [1.165, 1.54) is 6.21 Å². The van der Waals surface area contributed by atoms with E-state index in [2.05, 4.69) is 11.2 Å². The SMILES string of the molecule is Cc1cc(-c2ccc(C#N)cc2)ccc1C=NO. The van der Waals surface area contributed by atoms with Crippen LogP contribution < -0.4 is 0 Å². The van der Waals surface area contributed by atoms with E-state index in [0.717, 1.165) is 22.3 Å². The van der Waals surface area contributed by atoms with Gasteiger partial charge in [0, 0.05) is 0 Å². The molecule has 18 heavy (non-hydrogen) atoms. The lowest BCUT2D eigenvalue weighted by Gasteiger charge is -2.05. The van der Waals surface area contributed by atoms with Gasteiger partial charge in [0.25, 0.3) is 0 Å². The van der Waals surface area contributed by atoms with E-state index in [4.69, 9.17) is 10.5 Å². The summed E-state index contributed by atoms with van der Waals surface area (Å²) in [5.74, 6) is 0. The Kier molecular flexibility index (Phi) is 3.40. The fourth-order valence-corrected chi connectivity index (χ4v) is 1.80. The number of benzene rings is 2. The molecule has 0 saturated carbocycles. The van der Waals surface area contributed by atoms with Gasteiger partial charge in [-0.15, -0.1) is 0 Å². The molecule has 0 bridgehead atoms. The molecule has 0 radical (unpaired) electrons. The number of hydrogen-bond donors (Lipinski definition) is 1. The predicted molar refractivity (Wildman–Crippen MR) is 70.7 cm³/mol. The fraction of sp³-hybridized carbons (Fsp3) is 0.0667. The zero-order valence-corrected chi connectivity index (χ0v) is 9.96. The standard InChI is InChI=1S/C15H12N2O/c1-11-8-14(6-7-15(11)10-17-18)13-4-2-12(9-16)3-5-13/h2-8,10,18H,1H3. The molecule has 0 amide bonds. The number of rotatable bonds is 2. The number of nitriles is 1. The topological polar surface area (TPSA) is 56.4 Å². The van der Waals surface area contributed by atoms with Gasteiger partial charge >= 0.3 is 0 Å². The highest BCUT2D eigenvalue weighted by atomic mass is 16.4. The average molecular weight is 236 g/mol. The summed E-state index contributed by atoms with van der Waals surface area (Å²) in [5.41, 5.74) is 4.71. The first kappa shape index (κ1) is 11.9. The van der Waals surface area contributed by atoms with Crippen LogP contribution in [0.5, 0.6) is 0 Å². The summed E-state index contributed by atoms with van der Waals surface area (Å²) >= 11 is 0. The maximum absolute atomic E-state index is 8.75. The predicted octanol–water partition coefficient (Wildman–Crippen LogP) is 3.34. The smallest absolute Gasteiger partial charge is 0.0991 e. The van der Waals surface area contributed by atoms with Gasteiger partial charge in [0.1, 0.15) is 0 Å². The lowest BCUT2D eigenvalue weighted by atomic mass is 9.99. The summed E-state index contributed by atoms with van der Waals surface area (Å²) in [4.78, 5) is 0. The van der Waals surface area contributed by atoms with Gasteiger partial charge in [-0.05, 0) is 41.3 Å². The zero-order chi connectivity index (χ0) is 13.0. The summed E-state index contributed by atoms with van der Waals surface area (Å²) < 4.78 is 0. The third-order valence-corrected chi connectivity index (χ3v) is 2.81. The van der Waals surface area contributed by atoms with Crippen LogP contribution in [0.1, 0.15) is 16.7 Å². The third-order valence-electron chi connectivity index (χ3n) is 2.81. The van der Waals surface area contributed by atoms with Crippen molar-refractivity contribution in [1.29, 1.82) is 5.26 Å². The molecule has 2 rings (SSSR count). The normalized spacial score (nSPS) is 10.4. The molecular weight excluding hydrogens is 224 g/mol. The summed E-state index contributed by atoms with van der Waals surface area (Å²) in [7, 11) is 0. The molecule has 0 aliphatic carbocycles. The molecule has 2 aromatic rings. The van der Waals surface area contributed by atoms with E-state index in [1.807, 2.05) is 37.3 Å². The van der Waals surface area contributed by atoms with Crippen LogP contribution in [0.2, 0.25) is 0 Å². The van der Waals surface area contributed by atoms with E-state index in [-0.39, 0.29) is 0 Å². The van der Waals surface area contributed by atoms with Gasteiger partial charge in [0.2, 0.25) is 0 Å². The van der Waals surface area contributed by atoms with Crippen molar-refractivity contribution in [3.63, 3.8) is 0 Å². The maximum atomic E-state index is 8.75. The molecule has 2 aromatic carbocycles. The van der Waals surface area contributed by atoms with Crippen LogP contribution in [0.25, 0.3) is 11.1 Å². The van der Waals surface area contributed by atoms with Crippen LogP contribution in [0.4, 0.5) is 0 Å². The molecule has 0 heterocycles. The molecule has 0 fully saturated rings. The van der Waals surface area contributed by atoms with Crippen molar-refractivity contribution in [1.82, 2.24) is 0 Å². The molecule has 0 saturated heterocycles. The molecular formula is C15H12N2O. The van der Waals surface area contributed by atoms with Crippen LogP contribution in [-0.4, -0.2) is 11.4 Å². The molecule has 0 aromatic heterocycles. The molecule has 0 spiro atoms. The van der Waals surface area contributed by atoms with Gasteiger partial charge in [-0.2, -0.15) is 5.26 Å². The van der Waals surface area contributed by atoms with Gasteiger partial charge in [-0.1, -0.05) is 35.5 Å². The van der Waals surface area contributed by atoms with Gasteiger partial charge in [-0.25, -0.2) is 0 Å². The quantitative estimate of drug-likeness (QED) is 0.494. The Morgan fingerprint density at radius 3 is 2.33 bits per heavy atom. The highest BCUT2D eigenvalue weighted by molar-refractivity contribution is 5.82. The van der Waals surface area contributed by atoms with Crippen molar-refractivity contribution in [3.8, 4) is 17.2 Å². The Labute approximate surface area is 106 Å². The van der Waals surface area contributed by atoms with Gasteiger partial charge < -0.3 is 5.21 Å². The lowest BCUT2D eigenvalue weighted by molar-refractivity contribution is 0.322. The molecule has 88 valence electrons. The first-order valence-electron chi connectivity index (χ1n) is 5.53. The minimum Gasteiger partial charge on any atom is -0.411 e. The van der Waals surface area contributed by atoms with Crippen LogP contribution in [0, 0.1) is 18.3 Å². The van der Waals surface area contributed by atoms with E-state index in [0.29, 0.717) is 5.56 Å². The average Bonchev–Trinajstić information content (AvgIpc) is 2.41. The Morgan fingerprint density at radius 1 is 1.11 bits per heavy atom. The molecule has 0 atom stereocenters. The fourth-order valence-electron chi connectivity index (χ4n) is 1.80. The summed E-state index contributed by atoms with van der Waals surface area (Å²) in [5, 5.41) is 20.3. The Hall–Kier alpha value is -2.60. The lowest BCUT2D eigenvalue weighted by Crippen LogP contribution is -1.88. The number of hydrogen-bond acceptors (Lipinski definition) is 3. The second-order valence-corrected chi connectivity index (χ2v) is 4.01. The Morgan fingerprint density at radius 2 is 1.78 bits per heavy atom. The van der Waals surface area contributed by atoms with Crippen molar-refractivity contribution in [2.45, 2.75) is 6.92 Å². The minimum atomic E-state index is 0.652. The minimum absolute atomic E-state index is 0.652. The molecule has 0 aliphatic heterocycles. The van der Waals surface area contributed by atoms with Crippen molar-refractivity contribution in [2.75, 3.05) is 0 Å². The van der Waals surface area contributed by atoms with E-state index in [9.17, 15) is 0 Å². The van der Waals surface area contributed by atoms with E-state index in [1.54, 1.807) is 12.1 Å². The molecule has 0 aliphatic rings. The zero-order valence-electron chi connectivity index (χ0n) is 9.96. The highest BCUT2D eigenvalue weighted by Crippen LogP contribution is 2.22. The van der Waals surface area contributed by atoms with Crippen molar-refractivity contribution < 1.29 is 5.21 Å². The first-order valence-corrected chi connectivity index (χ1v) is 5.53. The third kappa shape index (κ3) is 2.38. The van der Waals surface area contributed by atoms with Crippen LogP contribution in [0.3, 0.4) is 0 Å². The number of nitrogens with zero attached hydrogens (tertiary/aromatic N) is 2. The second kappa shape index (κ2) is 5.15. The largest absolute Gasteiger partial charge is 0.411 e. The monoisotopic (exact) mass is 236 g/mol. The van der Waals surface area contributed by atoms with Gasteiger partial charge in [-0.3, -0.25) is 0 Å². The summed E-state index contributed by atoms with van der Waals surface area (Å²) in [6, 6.07) is 15.4.